The van der Waals surface area contributed by atoms with Gasteiger partial charge in [-0.15, -0.1) is 0 Å². The first-order chi connectivity index (χ1) is 9.16. The maximum absolute atomic E-state index is 3.66. The molecule has 1 aromatic rings. The monoisotopic (exact) mass is 259 g/mol. The molecule has 1 aliphatic carbocycles. The van der Waals surface area contributed by atoms with Crippen molar-refractivity contribution in [2.75, 3.05) is 6.54 Å². The molecule has 0 amide bonds. The second kappa shape index (κ2) is 7.09. The lowest BCUT2D eigenvalue weighted by Gasteiger charge is -2.26. The highest BCUT2D eigenvalue weighted by Gasteiger charge is 2.25. The summed E-state index contributed by atoms with van der Waals surface area (Å²) in [6, 6.07) is 9.49. The zero-order valence-electron chi connectivity index (χ0n) is 12.8. The molecule has 1 N–H and O–H groups in total. The van der Waals surface area contributed by atoms with E-state index in [0.29, 0.717) is 6.04 Å². The molecule has 1 fully saturated rings. The van der Waals surface area contributed by atoms with E-state index in [-0.39, 0.29) is 0 Å². The average molecular weight is 259 g/mol. The predicted octanol–water partition coefficient (Wildman–Crippen LogP) is 4.34. The van der Waals surface area contributed by atoms with Crippen LogP contribution in [0.3, 0.4) is 0 Å². The molecule has 2 rings (SSSR count). The molecular formula is C18H29N. The van der Waals surface area contributed by atoms with Crippen molar-refractivity contribution >= 4 is 0 Å². The Kier molecular flexibility index (Phi) is 5.45. The van der Waals surface area contributed by atoms with Crippen molar-refractivity contribution < 1.29 is 0 Å². The molecule has 1 aliphatic rings. The highest BCUT2D eigenvalue weighted by atomic mass is 14.9. The fourth-order valence-electron chi connectivity index (χ4n) is 3.34. The standard InChI is InChI=1S/C18H29N/c1-14(2)19-13-18(16-9-6-7-10-16)12-17-11-5-4-8-15(17)3/h4-5,8,11,14,16,18-19H,6-7,9-10,12-13H2,1-3H3. The third kappa shape index (κ3) is 4.35. The summed E-state index contributed by atoms with van der Waals surface area (Å²) >= 11 is 0. The zero-order valence-corrected chi connectivity index (χ0v) is 12.8. The molecule has 1 saturated carbocycles. The van der Waals surface area contributed by atoms with Crippen LogP contribution in [0.1, 0.15) is 50.7 Å². The Labute approximate surface area is 118 Å². The van der Waals surface area contributed by atoms with Crippen LogP contribution in [0.4, 0.5) is 0 Å². The second-order valence-corrected chi connectivity index (χ2v) is 6.50. The summed E-state index contributed by atoms with van der Waals surface area (Å²) in [5.41, 5.74) is 3.00. The van der Waals surface area contributed by atoms with Crippen molar-refractivity contribution in [3.05, 3.63) is 35.4 Å². The molecule has 1 aromatic carbocycles. The summed E-state index contributed by atoms with van der Waals surface area (Å²) in [6.07, 6.45) is 7.01. The smallest absolute Gasteiger partial charge is 0.00104 e. The molecule has 1 nitrogen and oxygen atoms in total. The third-order valence-corrected chi connectivity index (χ3v) is 4.60. The molecule has 0 aromatic heterocycles. The largest absolute Gasteiger partial charge is 0.314 e. The van der Waals surface area contributed by atoms with Crippen molar-refractivity contribution in [3.63, 3.8) is 0 Å². The quantitative estimate of drug-likeness (QED) is 0.801. The van der Waals surface area contributed by atoms with Gasteiger partial charge in [0.2, 0.25) is 0 Å². The molecular weight excluding hydrogens is 230 g/mol. The van der Waals surface area contributed by atoms with E-state index in [0.717, 1.165) is 11.8 Å². The van der Waals surface area contributed by atoms with Crippen LogP contribution in [0.2, 0.25) is 0 Å². The maximum Gasteiger partial charge on any atom is 0.00104 e. The van der Waals surface area contributed by atoms with E-state index < -0.39 is 0 Å². The average Bonchev–Trinajstić information content (AvgIpc) is 2.90. The van der Waals surface area contributed by atoms with Gasteiger partial charge in [-0.2, -0.15) is 0 Å². The van der Waals surface area contributed by atoms with Crippen molar-refractivity contribution in [2.45, 2.75) is 58.9 Å². The van der Waals surface area contributed by atoms with Crippen LogP contribution in [0.5, 0.6) is 0 Å². The second-order valence-electron chi connectivity index (χ2n) is 6.50. The molecule has 106 valence electrons. The number of aryl methyl sites for hydroxylation is 1. The van der Waals surface area contributed by atoms with Gasteiger partial charge in [-0.05, 0) is 42.9 Å². The summed E-state index contributed by atoms with van der Waals surface area (Å²) in [7, 11) is 0. The lowest BCUT2D eigenvalue weighted by molar-refractivity contribution is 0.312. The Balaban J connectivity index is 2.02. The van der Waals surface area contributed by atoms with Crippen LogP contribution in [0, 0.1) is 18.8 Å². The van der Waals surface area contributed by atoms with Crippen LogP contribution < -0.4 is 5.32 Å². The fourth-order valence-corrected chi connectivity index (χ4v) is 3.34. The van der Waals surface area contributed by atoms with E-state index in [1.54, 1.807) is 5.56 Å². The number of rotatable bonds is 6. The molecule has 1 heteroatoms. The number of hydrogen-bond donors (Lipinski definition) is 1. The normalized spacial score (nSPS) is 18.1. The van der Waals surface area contributed by atoms with Gasteiger partial charge < -0.3 is 5.32 Å². The van der Waals surface area contributed by atoms with Gasteiger partial charge in [-0.1, -0.05) is 63.8 Å². The minimum atomic E-state index is 0.598. The fraction of sp³-hybridized carbons (Fsp3) is 0.667. The number of benzene rings is 1. The maximum atomic E-state index is 3.66. The van der Waals surface area contributed by atoms with Gasteiger partial charge >= 0.3 is 0 Å². The predicted molar refractivity (Wildman–Crippen MR) is 83.5 cm³/mol. The Morgan fingerprint density at radius 3 is 2.47 bits per heavy atom. The van der Waals surface area contributed by atoms with Crippen LogP contribution in [-0.4, -0.2) is 12.6 Å². The molecule has 0 heterocycles. The van der Waals surface area contributed by atoms with Gasteiger partial charge in [0.25, 0.3) is 0 Å². The van der Waals surface area contributed by atoms with Crippen LogP contribution in [0.15, 0.2) is 24.3 Å². The van der Waals surface area contributed by atoms with Gasteiger partial charge in [0.1, 0.15) is 0 Å². The Morgan fingerprint density at radius 2 is 1.84 bits per heavy atom. The first-order valence-electron chi connectivity index (χ1n) is 7.94. The summed E-state index contributed by atoms with van der Waals surface area (Å²) in [6.45, 7) is 7.92. The van der Waals surface area contributed by atoms with Crippen LogP contribution >= 0.6 is 0 Å². The Morgan fingerprint density at radius 1 is 1.16 bits per heavy atom. The third-order valence-electron chi connectivity index (χ3n) is 4.60. The molecule has 0 saturated heterocycles. The topological polar surface area (TPSA) is 12.0 Å². The minimum absolute atomic E-state index is 0.598. The molecule has 0 aliphatic heterocycles. The van der Waals surface area contributed by atoms with Gasteiger partial charge in [-0.25, -0.2) is 0 Å². The van der Waals surface area contributed by atoms with E-state index in [9.17, 15) is 0 Å². The van der Waals surface area contributed by atoms with Gasteiger partial charge in [0, 0.05) is 6.04 Å². The van der Waals surface area contributed by atoms with E-state index >= 15 is 0 Å². The molecule has 0 radical (unpaired) electrons. The van der Waals surface area contributed by atoms with Crippen LogP contribution in [-0.2, 0) is 6.42 Å². The first-order valence-corrected chi connectivity index (χ1v) is 7.94. The molecule has 1 atom stereocenters. The lowest BCUT2D eigenvalue weighted by Crippen LogP contribution is -2.33. The van der Waals surface area contributed by atoms with Crippen molar-refractivity contribution in [3.8, 4) is 0 Å². The van der Waals surface area contributed by atoms with E-state index in [1.807, 2.05) is 0 Å². The van der Waals surface area contributed by atoms with E-state index in [2.05, 4.69) is 50.4 Å². The summed E-state index contributed by atoms with van der Waals surface area (Å²) < 4.78 is 0. The molecule has 0 spiro atoms. The Bertz CT molecular complexity index is 377. The van der Waals surface area contributed by atoms with Crippen LogP contribution in [0.25, 0.3) is 0 Å². The van der Waals surface area contributed by atoms with E-state index in [4.69, 9.17) is 0 Å². The molecule has 0 bridgehead atoms. The summed E-state index contributed by atoms with van der Waals surface area (Å²) in [4.78, 5) is 0. The molecule has 1 unspecified atom stereocenters. The summed E-state index contributed by atoms with van der Waals surface area (Å²) in [5, 5.41) is 3.66. The lowest BCUT2D eigenvalue weighted by atomic mass is 9.84. The zero-order chi connectivity index (χ0) is 13.7. The van der Waals surface area contributed by atoms with E-state index in [1.165, 1.54) is 44.2 Å². The summed E-state index contributed by atoms with van der Waals surface area (Å²) in [5.74, 6) is 1.75. The van der Waals surface area contributed by atoms with Gasteiger partial charge in [0.05, 0.1) is 0 Å². The van der Waals surface area contributed by atoms with Crippen molar-refractivity contribution in [1.82, 2.24) is 5.32 Å². The van der Waals surface area contributed by atoms with Crippen molar-refractivity contribution in [1.29, 1.82) is 0 Å². The van der Waals surface area contributed by atoms with Gasteiger partial charge in [-0.3, -0.25) is 0 Å². The highest BCUT2D eigenvalue weighted by Crippen LogP contribution is 2.33. The van der Waals surface area contributed by atoms with Gasteiger partial charge in [0.15, 0.2) is 0 Å². The first kappa shape index (κ1) is 14.6. The van der Waals surface area contributed by atoms with Crippen molar-refractivity contribution in [2.24, 2.45) is 11.8 Å². The molecule has 19 heavy (non-hydrogen) atoms. The minimum Gasteiger partial charge on any atom is -0.314 e. The number of nitrogens with one attached hydrogen (secondary N) is 1. The Hall–Kier alpha value is -0.820. The highest BCUT2D eigenvalue weighted by molar-refractivity contribution is 5.26. The SMILES string of the molecule is Cc1ccccc1CC(CNC(C)C)C1CCCC1. The number of hydrogen-bond acceptors (Lipinski definition) is 1.